The monoisotopic (exact) mass is 300 g/mol. The minimum absolute atomic E-state index is 0.0249. The topological polar surface area (TPSA) is 71.2 Å². The number of amides is 1. The fourth-order valence-corrected chi connectivity index (χ4v) is 2.08. The maximum absolute atomic E-state index is 11.7. The van der Waals surface area contributed by atoms with Gasteiger partial charge < -0.3 is 15.0 Å². The lowest BCUT2D eigenvalue weighted by atomic mass is 10.1. The number of rotatable bonds is 7. The van der Waals surface area contributed by atoms with E-state index in [0.29, 0.717) is 5.69 Å². The highest BCUT2D eigenvalue weighted by molar-refractivity contribution is 5.89. The molecular weight excluding hydrogens is 280 g/mol. The summed E-state index contributed by atoms with van der Waals surface area (Å²) >= 11 is 0. The molecule has 2 aromatic rings. The Balaban J connectivity index is 1.67. The predicted octanol–water partition coefficient (Wildman–Crippen LogP) is 2.31. The van der Waals surface area contributed by atoms with Crippen LogP contribution in [0.15, 0.2) is 48.7 Å². The summed E-state index contributed by atoms with van der Waals surface area (Å²) in [6, 6.07) is 13.4. The van der Waals surface area contributed by atoms with Crippen LogP contribution < -0.4 is 5.32 Å². The molecule has 0 spiro atoms. The Morgan fingerprint density at radius 3 is 2.64 bits per heavy atom. The number of H-pyrrole nitrogens is 1. The molecule has 0 saturated heterocycles. The first-order valence-corrected chi connectivity index (χ1v) is 7.29. The third-order valence-electron chi connectivity index (χ3n) is 3.27. The van der Waals surface area contributed by atoms with Crippen LogP contribution in [0.4, 0.5) is 0 Å². The van der Waals surface area contributed by atoms with Gasteiger partial charge in [0.25, 0.3) is 5.91 Å². The maximum Gasteiger partial charge on any atom is 0.355 e. The SMILES string of the molecule is C[C@H](CCc1ccccc1)NC(=O)COC(=O)c1ccc[nH]1. The number of ether oxygens (including phenoxy) is 1. The fraction of sp³-hybridized carbons (Fsp3) is 0.294. The average Bonchev–Trinajstić information content (AvgIpc) is 3.06. The lowest BCUT2D eigenvalue weighted by Crippen LogP contribution is -2.36. The number of benzene rings is 1. The molecule has 1 atom stereocenters. The van der Waals surface area contributed by atoms with Crippen molar-refractivity contribution < 1.29 is 14.3 Å². The van der Waals surface area contributed by atoms with E-state index in [4.69, 9.17) is 4.74 Å². The molecule has 1 aromatic heterocycles. The molecule has 1 aromatic carbocycles. The molecule has 0 radical (unpaired) electrons. The van der Waals surface area contributed by atoms with Crippen LogP contribution >= 0.6 is 0 Å². The second kappa shape index (κ2) is 8.02. The number of hydrogen-bond acceptors (Lipinski definition) is 3. The van der Waals surface area contributed by atoms with Crippen molar-refractivity contribution in [2.75, 3.05) is 6.61 Å². The van der Waals surface area contributed by atoms with Gasteiger partial charge in [0.15, 0.2) is 6.61 Å². The molecular formula is C17H20N2O3. The van der Waals surface area contributed by atoms with Crippen molar-refractivity contribution in [2.24, 2.45) is 0 Å². The highest BCUT2D eigenvalue weighted by Gasteiger charge is 2.12. The van der Waals surface area contributed by atoms with E-state index in [1.165, 1.54) is 5.56 Å². The number of carbonyl (C=O) groups is 2. The van der Waals surface area contributed by atoms with Gasteiger partial charge in [0, 0.05) is 12.2 Å². The molecule has 0 fully saturated rings. The largest absolute Gasteiger partial charge is 0.451 e. The lowest BCUT2D eigenvalue weighted by molar-refractivity contribution is -0.124. The first-order valence-electron chi connectivity index (χ1n) is 7.29. The molecule has 116 valence electrons. The Morgan fingerprint density at radius 2 is 1.95 bits per heavy atom. The van der Waals surface area contributed by atoms with Crippen LogP contribution in [0.1, 0.15) is 29.4 Å². The average molecular weight is 300 g/mol. The Bertz CT molecular complexity index is 594. The highest BCUT2D eigenvalue weighted by Crippen LogP contribution is 2.04. The molecule has 0 unspecified atom stereocenters. The second-order valence-corrected chi connectivity index (χ2v) is 5.15. The molecule has 5 nitrogen and oxygen atoms in total. The van der Waals surface area contributed by atoms with E-state index in [1.54, 1.807) is 18.3 Å². The van der Waals surface area contributed by atoms with E-state index >= 15 is 0 Å². The molecule has 0 bridgehead atoms. The number of nitrogens with one attached hydrogen (secondary N) is 2. The molecule has 0 aliphatic heterocycles. The Kier molecular flexibility index (Phi) is 5.77. The number of hydrogen-bond donors (Lipinski definition) is 2. The summed E-state index contributed by atoms with van der Waals surface area (Å²) in [5.41, 5.74) is 1.58. The molecule has 0 aliphatic rings. The van der Waals surface area contributed by atoms with Crippen LogP contribution in [-0.4, -0.2) is 29.5 Å². The van der Waals surface area contributed by atoms with Gasteiger partial charge in [0.2, 0.25) is 0 Å². The summed E-state index contributed by atoms with van der Waals surface area (Å²) in [4.78, 5) is 26.0. The van der Waals surface area contributed by atoms with Gasteiger partial charge in [-0.25, -0.2) is 4.79 Å². The van der Waals surface area contributed by atoms with Crippen molar-refractivity contribution in [3.8, 4) is 0 Å². The van der Waals surface area contributed by atoms with E-state index in [2.05, 4.69) is 22.4 Å². The zero-order chi connectivity index (χ0) is 15.8. The standard InChI is InChI=1S/C17H20N2O3/c1-13(9-10-14-6-3-2-4-7-14)19-16(20)12-22-17(21)15-8-5-11-18-15/h2-8,11,13,18H,9-10,12H2,1H3,(H,19,20)/t13-/m1/s1. The zero-order valence-electron chi connectivity index (χ0n) is 12.5. The van der Waals surface area contributed by atoms with Crippen LogP contribution in [0.2, 0.25) is 0 Å². The summed E-state index contributed by atoms with van der Waals surface area (Å²) in [7, 11) is 0. The normalized spacial score (nSPS) is 11.7. The van der Waals surface area contributed by atoms with E-state index < -0.39 is 5.97 Å². The first-order chi connectivity index (χ1) is 10.6. The van der Waals surface area contributed by atoms with E-state index in [9.17, 15) is 9.59 Å². The Morgan fingerprint density at radius 1 is 1.18 bits per heavy atom. The van der Waals surface area contributed by atoms with Gasteiger partial charge in [-0.3, -0.25) is 4.79 Å². The minimum Gasteiger partial charge on any atom is -0.451 e. The van der Waals surface area contributed by atoms with Crippen LogP contribution in [0.25, 0.3) is 0 Å². The lowest BCUT2D eigenvalue weighted by Gasteiger charge is -2.13. The Hall–Kier alpha value is -2.56. The number of aromatic amines is 1. The van der Waals surface area contributed by atoms with Gasteiger partial charge in [0.05, 0.1) is 0 Å². The third-order valence-corrected chi connectivity index (χ3v) is 3.27. The summed E-state index contributed by atoms with van der Waals surface area (Å²) in [5.74, 6) is -0.822. The zero-order valence-corrected chi connectivity index (χ0v) is 12.5. The van der Waals surface area contributed by atoms with E-state index in [0.717, 1.165) is 12.8 Å². The van der Waals surface area contributed by atoms with Gasteiger partial charge in [-0.15, -0.1) is 0 Å². The van der Waals surface area contributed by atoms with Gasteiger partial charge in [-0.2, -0.15) is 0 Å². The minimum atomic E-state index is -0.530. The molecule has 5 heteroatoms. The van der Waals surface area contributed by atoms with Gasteiger partial charge >= 0.3 is 5.97 Å². The van der Waals surface area contributed by atoms with Gasteiger partial charge in [0.1, 0.15) is 5.69 Å². The molecule has 2 N–H and O–H groups in total. The number of aromatic nitrogens is 1. The quantitative estimate of drug-likeness (QED) is 0.771. The van der Waals surface area contributed by atoms with Crippen molar-refractivity contribution in [2.45, 2.75) is 25.8 Å². The highest BCUT2D eigenvalue weighted by atomic mass is 16.5. The molecule has 0 saturated carbocycles. The maximum atomic E-state index is 11.7. The van der Waals surface area contributed by atoms with Crippen LogP contribution in [-0.2, 0) is 16.0 Å². The molecule has 22 heavy (non-hydrogen) atoms. The molecule has 2 rings (SSSR count). The number of carbonyl (C=O) groups excluding carboxylic acids is 2. The smallest absolute Gasteiger partial charge is 0.355 e. The summed E-state index contributed by atoms with van der Waals surface area (Å²) in [5, 5.41) is 2.82. The van der Waals surface area contributed by atoms with Crippen molar-refractivity contribution in [1.82, 2.24) is 10.3 Å². The van der Waals surface area contributed by atoms with Crippen molar-refractivity contribution in [1.29, 1.82) is 0 Å². The summed E-state index contributed by atoms with van der Waals surface area (Å²) in [6.07, 6.45) is 3.35. The molecule has 1 amide bonds. The van der Waals surface area contributed by atoms with Gasteiger partial charge in [-0.1, -0.05) is 30.3 Å². The van der Waals surface area contributed by atoms with Crippen LogP contribution in [0.3, 0.4) is 0 Å². The number of aryl methyl sites for hydroxylation is 1. The van der Waals surface area contributed by atoms with E-state index in [-0.39, 0.29) is 18.6 Å². The van der Waals surface area contributed by atoms with Crippen molar-refractivity contribution in [3.63, 3.8) is 0 Å². The summed E-state index contributed by atoms with van der Waals surface area (Å²) < 4.78 is 4.93. The predicted molar refractivity (Wildman–Crippen MR) is 83.4 cm³/mol. The molecule has 0 aliphatic carbocycles. The first kappa shape index (κ1) is 15.8. The van der Waals surface area contributed by atoms with Crippen LogP contribution in [0.5, 0.6) is 0 Å². The van der Waals surface area contributed by atoms with Crippen molar-refractivity contribution >= 4 is 11.9 Å². The third kappa shape index (κ3) is 5.09. The molecule has 1 heterocycles. The fourth-order valence-electron chi connectivity index (χ4n) is 2.08. The second-order valence-electron chi connectivity index (χ2n) is 5.15. The summed E-state index contributed by atoms with van der Waals surface area (Å²) in [6.45, 7) is 1.67. The van der Waals surface area contributed by atoms with Crippen LogP contribution in [0, 0.1) is 0 Å². The Labute approximate surface area is 129 Å². The van der Waals surface area contributed by atoms with E-state index in [1.807, 2.05) is 25.1 Å². The number of esters is 1. The van der Waals surface area contributed by atoms with Gasteiger partial charge in [-0.05, 0) is 37.5 Å². The van der Waals surface area contributed by atoms with Crippen molar-refractivity contribution in [3.05, 3.63) is 59.9 Å².